The third-order valence-electron chi connectivity index (χ3n) is 5.40. The van der Waals surface area contributed by atoms with Crippen LogP contribution in [0.3, 0.4) is 0 Å². The number of rotatable bonds is 3. The number of amides is 2. The summed E-state index contributed by atoms with van der Waals surface area (Å²) >= 11 is 6.02. The van der Waals surface area contributed by atoms with Crippen LogP contribution in [0.1, 0.15) is 26.4 Å². The van der Waals surface area contributed by atoms with Gasteiger partial charge in [0.1, 0.15) is 5.82 Å². The summed E-state index contributed by atoms with van der Waals surface area (Å²) in [5.74, 6) is -0.849. The highest BCUT2D eigenvalue weighted by molar-refractivity contribution is 6.33. The molecule has 3 aromatic rings. The Balaban J connectivity index is 1.43. The van der Waals surface area contributed by atoms with Crippen LogP contribution in [-0.4, -0.2) is 52.8 Å². The zero-order valence-electron chi connectivity index (χ0n) is 17.0. The van der Waals surface area contributed by atoms with E-state index < -0.39 is 5.82 Å². The number of carbonyl (C=O) groups excluding carboxylic acids is 2. The van der Waals surface area contributed by atoms with Gasteiger partial charge in [0.2, 0.25) is 0 Å². The van der Waals surface area contributed by atoms with Gasteiger partial charge in [-0.1, -0.05) is 41.9 Å². The van der Waals surface area contributed by atoms with Gasteiger partial charge in [-0.05, 0) is 37.3 Å². The number of hydrogen-bond donors (Lipinski definition) is 0. The summed E-state index contributed by atoms with van der Waals surface area (Å²) in [5.41, 5.74) is 3.31. The molecule has 1 fully saturated rings. The average molecular weight is 438 g/mol. The van der Waals surface area contributed by atoms with Crippen molar-refractivity contribution in [1.29, 1.82) is 0 Å². The number of piperazine rings is 1. The van der Waals surface area contributed by atoms with Crippen LogP contribution in [0.15, 0.2) is 60.7 Å². The molecule has 5 nitrogen and oxygen atoms in total. The molecule has 1 saturated heterocycles. The molecule has 1 aliphatic heterocycles. The van der Waals surface area contributed by atoms with E-state index in [0.717, 1.165) is 17.3 Å². The van der Waals surface area contributed by atoms with E-state index in [1.165, 1.54) is 12.1 Å². The maximum absolute atomic E-state index is 13.2. The Morgan fingerprint density at radius 3 is 2.03 bits per heavy atom. The summed E-state index contributed by atoms with van der Waals surface area (Å²) in [6.07, 6.45) is 0. The molecule has 0 aliphatic carbocycles. The van der Waals surface area contributed by atoms with E-state index in [9.17, 15) is 14.0 Å². The van der Waals surface area contributed by atoms with E-state index in [1.54, 1.807) is 9.80 Å². The quantitative estimate of drug-likeness (QED) is 0.608. The summed E-state index contributed by atoms with van der Waals surface area (Å²) in [4.78, 5) is 33.7. The van der Waals surface area contributed by atoms with Gasteiger partial charge in [0.05, 0.1) is 27.5 Å². The van der Waals surface area contributed by atoms with Crippen molar-refractivity contribution >= 4 is 23.4 Å². The molecule has 31 heavy (non-hydrogen) atoms. The molecular formula is C24H21ClFN3O2. The number of benzene rings is 2. The predicted octanol–water partition coefficient (Wildman–Crippen LogP) is 4.45. The van der Waals surface area contributed by atoms with Crippen molar-refractivity contribution in [3.8, 4) is 11.3 Å². The SMILES string of the molecule is Cc1nc(-c2ccccc2)ccc1C(=O)N1CCN(C(=O)c2ccc(F)cc2Cl)CC1. The number of carbonyl (C=O) groups is 2. The van der Waals surface area contributed by atoms with Gasteiger partial charge in [0.25, 0.3) is 11.8 Å². The Morgan fingerprint density at radius 2 is 1.45 bits per heavy atom. The van der Waals surface area contributed by atoms with Gasteiger partial charge in [-0.25, -0.2) is 4.39 Å². The largest absolute Gasteiger partial charge is 0.335 e. The molecule has 0 atom stereocenters. The van der Waals surface area contributed by atoms with Gasteiger partial charge < -0.3 is 9.80 Å². The van der Waals surface area contributed by atoms with Crippen LogP contribution in [0.4, 0.5) is 4.39 Å². The molecule has 7 heteroatoms. The molecule has 0 radical (unpaired) electrons. The minimum atomic E-state index is -0.487. The van der Waals surface area contributed by atoms with Gasteiger partial charge in [0.15, 0.2) is 0 Å². The molecule has 2 heterocycles. The number of aromatic nitrogens is 1. The second-order valence-electron chi connectivity index (χ2n) is 7.40. The molecule has 1 aromatic heterocycles. The van der Waals surface area contributed by atoms with Crippen LogP contribution < -0.4 is 0 Å². The van der Waals surface area contributed by atoms with Crippen molar-refractivity contribution in [2.45, 2.75) is 6.92 Å². The summed E-state index contributed by atoms with van der Waals surface area (Å²) in [7, 11) is 0. The fourth-order valence-corrected chi connectivity index (χ4v) is 3.92. The van der Waals surface area contributed by atoms with Crippen LogP contribution in [0.2, 0.25) is 5.02 Å². The molecule has 0 N–H and O–H groups in total. The van der Waals surface area contributed by atoms with Gasteiger partial charge in [0, 0.05) is 31.7 Å². The highest BCUT2D eigenvalue weighted by Crippen LogP contribution is 2.22. The molecule has 158 valence electrons. The Morgan fingerprint density at radius 1 is 0.871 bits per heavy atom. The monoisotopic (exact) mass is 437 g/mol. The van der Waals surface area contributed by atoms with Crippen LogP contribution >= 0.6 is 11.6 Å². The van der Waals surface area contributed by atoms with Crippen LogP contribution in [0.5, 0.6) is 0 Å². The van der Waals surface area contributed by atoms with E-state index in [4.69, 9.17) is 11.6 Å². The molecule has 4 rings (SSSR count). The maximum Gasteiger partial charge on any atom is 0.255 e. The first-order valence-electron chi connectivity index (χ1n) is 10.0. The molecule has 0 unspecified atom stereocenters. The van der Waals surface area contributed by atoms with E-state index in [2.05, 4.69) is 4.98 Å². The van der Waals surface area contributed by atoms with Crippen LogP contribution in [0.25, 0.3) is 11.3 Å². The van der Waals surface area contributed by atoms with Gasteiger partial charge in [-0.2, -0.15) is 0 Å². The molecular weight excluding hydrogens is 417 g/mol. The lowest BCUT2D eigenvalue weighted by atomic mass is 10.1. The Kier molecular flexibility index (Phi) is 6.00. The third-order valence-corrected chi connectivity index (χ3v) is 5.71. The number of pyridine rings is 1. The van der Waals surface area contributed by atoms with Crippen LogP contribution in [0, 0.1) is 12.7 Å². The normalized spacial score (nSPS) is 13.9. The lowest BCUT2D eigenvalue weighted by molar-refractivity contribution is 0.0535. The maximum atomic E-state index is 13.2. The van der Waals surface area contributed by atoms with Crippen molar-refractivity contribution in [3.63, 3.8) is 0 Å². The van der Waals surface area contributed by atoms with E-state index >= 15 is 0 Å². The first-order valence-corrected chi connectivity index (χ1v) is 10.4. The molecule has 0 bridgehead atoms. The lowest BCUT2D eigenvalue weighted by Gasteiger charge is -2.35. The first-order chi connectivity index (χ1) is 14.9. The van der Waals surface area contributed by atoms with Crippen molar-refractivity contribution in [3.05, 3.63) is 88.3 Å². The van der Waals surface area contributed by atoms with E-state index in [1.807, 2.05) is 49.4 Å². The molecule has 2 aromatic carbocycles. The van der Waals surface area contributed by atoms with Crippen molar-refractivity contribution < 1.29 is 14.0 Å². The van der Waals surface area contributed by atoms with E-state index in [-0.39, 0.29) is 22.4 Å². The minimum absolute atomic E-state index is 0.0868. The molecule has 0 spiro atoms. The standard InChI is InChI=1S/C24H21ClFN3O2/c1-16-19(9-10-22(27-16)17-5-3-2-4-6-17)23(30)28-11-13-29(14-12-28)24(31)20-8-7-18(26)15-21(20)25/h2-10,15H,11-14H2,1H3. The Labute approximate surface area is 185 Å². The number of aryl methyl sites for hydroxylation is 1. The fraction of sp³-hybridized carbons (Fsp3) is 0.208. The highest BCUT2D eigenvalue weighted by Gasteiger charge is 2.27. The minimum Gasteiger partial charge on any atom is -0.335 e. The van der Waals surface area contributed by atoms with Gasteiger partial charge >= 0.3 is 0 Å². The van der Waals surface area contributed by atoms with Gasteiger partial charge in [-0.15, -0.1) is 0 Å². The Bertz CT molecular complexity index is 1130. The number of halogens is 2. The average Bonchev–Trinajstić information content (AvgIpc) is 2.79. The third kappa shape index (κ3) is 4.44. The second kappa shape index (κ2) is 8.86. The molecule has 2 amide bonds. The number of nitrogens with zero attached hydrogens (tertiary/aromatic N) is 3. The van der Waals surface area contributed by atoms with Crippen molar-refractivity contribution in [2.75, 3.05) is 26.2 Å². The summed E-state index contributed by atoms with van der Waals surface area (Å²) in [6, 6.07) is 17.2. The summed E-state index contributed by atoms with van der Waals surface area (Å²) in [6.45, 7) is 3.40. The summed E-state index contributed by atoms with van der Waals surface area (Å²) in [5, 5.41) is 0.0868. The summed E-state index contributed by atoms with van der Waals surface area (Å²) < 4.78 is 13.2. The van der Waals surface area contributed by atoms with Crippen LogP contribution in [-0.2, 0) is 0 Å². The Hall–Kier alpha value is -3.25. The first kappa shape index (κ1) is 21.0. The highest BCUT2D eigenvalue weighted by atomic mass is 35.5. The number of hydrogen-bond acceptors (Lipinski definition) is 3. The zero-order chi connectivity index (χ0) is 22.0. The second-order valence-corrected chi connectivity index (χ2v) is 7.81. The topological polar surface area (TPSA) is 53.5 Å². The molecule has 1 aliphatic rings. The lowest BCUT2D eigenvalue weighted by Crippen LogP contribution is -2.50. The van der Waals surface area contributed by atoms with Crippen molar-refractivity contribution in [1.82, 2.24) is 14.8 Å². The fourth-order valence-electron chi connectivity index (χ4n) is 3.67. The predicted molar refractivity (Wildman–Crippen MR) is 118 cm³/mol. The van der Waals surface area contributed by atoms with Gasteiger partial charge in [-0.3, -0.25) is 14.6 Å². The molecule has 0 saturated carbocycles. The van der Waals surface area contributed by atoms with E-state index in [0.29, 0.717) is 37.4 Å². The van der Waals surface area contributed by atoms with Crippen molar-refractivity contribution in [2.24, 2.45) is 0 Å². The zero-order valence-corrected chi connectivity index (χ0v) is 17.8. The smallest absolute Gasteiger partial charge is 0.255 e.